The minimum Gasteiger partial charge on any atom is -0.379 e. The quantitative estimate of drug-likeness (QED) is 0.510. The monoisotopic (exact) mass is 350 g/mol. The molecule has 1 N–H and O–H groups in total. The molecule has 0 saturated carbocycles. The number of rotatable bonds is 7. The molecular weight excluding hydrogens is 328 g/mol. The van der Waals surface area contributed by atoms with Gasteiger partial charge in [0.25, 0.3) is 5.69 Å². The van der Waals surface area contributed by atoms with Crippen LogP contribution in [0.5, 0.6) is 0 Å². The Morgan fingerprint density at radius 2 is 1.96 bits per heavy atom. The van der Waals surface area contributed by atoms with Crippen molar-refractivity contribution in [1.82, 2.24) is 9.88 Å². The number of nitrogens with one attached hydrogen (secondary N) is 1. The van der Waals surface area contributed by atoms with Crippen molar-refractivity contribution >= 4 is 22.3 Å². The van der Waals surface area contributed by atoms with E-state index in [1.807, 2.05) is 0 Å². The van der Waals surface area contributed by atoms with Gasteiger partial charge in [-0.15, -0.1) is 0 Å². The lowest BCUT2D eigenvalue weighted by Gasteiger charge is -2.15. The summed E-state index contributed by atoms with van der Waals surface area (Å²) in [7, 11) is 2.10. The van der Waals surface area contributed by atoms with Crippen LogP contribution in [0.15, 0.2) is 54.7 Å². The Balaban J connectivity index is 1.81. The molecule has 1 heterocycles. The number of anilines is 1. The maximum atomic E-state index is 11.2. The number of aromatic nitrogens is 1. The molecule has 2 aromatic carbocycles. The fraction of sp³-hybridized carbons (Fsp3) is 0.250. The van der Waals surface area contributed by atoms with Gasteiger partial charge in [-0.3, -0.25) is 15.1 Å². The van der Waals surface area contributed by atoms with Crippen LogP contribution in [0.25, 0.3) is 10.9 Å². The number of nitro groups is 1. The van der Waals surface area contributed by atoms with E-state index in [1.165, 1.54) is 11.6 Å². The van der Waals surface area contributed by atoms with E-state index in [-0.39, 0.29) is 10.6 Å². The zero-order valence-corrected chi connectivity index (χ0v) is 15.0. The highest BCUT2D eigenvalue weighted by atomic mass is 16.6. The molecule has 0 amide bonds. The van der Waals surface area contributed by atoms with Crippen molar-refractivity contribution in [2.75, 3.05) is 18.9 Å². The molecule has 3 aromatic rings. The van der Waals surface area contributed by atoms with E-state index in [1.54, 1.807) is 24.4 Å². The third-order valence-electron chi connectivity index (χ3n) is 4.41. The molecule has 0 unspecified atom stereocenters. The lowest BCUT2D eigenvalue weighted by atomic mass is 10.1. The van der Waals surface area contributed by atoms with Crippen LogP contribution in [0.2, 0.25) is 0 Å². The summed E-state index contributed by atoms with van der Waals surface area (Å²) in [5.41, 5.74) is 3.91. The van der Waals surface area contributed by atoms with E-state index in [9.17, 15) is 10.1 Å². The lowest BCUT2D eigenvalue weighted by molar-refractivity contribution is -0.383. The molecule has 26 heavy (non-hydrogen) atoms. The topological polar surface area (TPSA) is 71.3 Å². The standard InChI is InChI=1S/C20H22N4O2/c1-3-23(2)14-16-7-4-6-15(12-16)13-22-18-9-10-19(24(25)26)17-8-5-11-21-20(17)18/h4-12,22H,3,13-14H2,1-2H3. The first kappa shape index (κ1) is 17.8. The smallest absolute Gasteiger partial charge is 0.278 e. The second kappa shape index (κ2) is 7.93. The fourth-order valence-corrected chi connectivity index (χ4v) is 2.92. The molecule has 0 radical (unpaired) electrons. The van der Waals surface area contributed by atoms with Gasteiger partial charge >= 0.3 is 0 Å². The first-order valence-electron chi connectivity index (χ1n) is 8.61. The Kier molecular flexibility index (Phi) is 5.43. The number of hydrogen-bond acceptors (Lipinski definition) is 5. The summed E-state index contributed by atoms with van der Waals surface area (Å²) in [6, 6.07) is 15.1. The molecule has 0 bridgehead atoms. The molecule has 1 aromatic heterocycles. The summed E-state index contributed by atoms with van der Waals surface area (Å²) in [4.78, 5) is 17.4. The van der Waals surface area contributed by atoms with Crippen LogP contribution < -0.4 is 5.32 Å². The first-order valence-corrected chi connectivity index (χ1v) is 8.61. The van der Waals surface area contributed by atoms with Gasteiger partial charge in [0.2, 0.25) is 0 Å². The molecule has 0 aliphatic rings. The van der Waals surface area contributed by atoms with Gasteiger partial charge in [-0.1, -0.05) is 31.2 Å². The molecule has 0 spiro atoms. The fourth-order valence-electron chi connectivity index (χ4n) is 2.92. The van der Waals surface area contributed by atoms with E-state index < -0.39 is 0 Å². The van der Waals surface area contributed by atoms with Gasteiger partial charge < -0.3 is 10.2 Å². The number of pyridine rings is 1. The molecule has 0 saturated heterocycles. The van der Waals surface area contributed by atoms with Crippen LogP contribution >= 0.6 is 0 Å². The van der Waals surface area contributed by atoms with Gasteiger partial charge in [-0.2, -0.15) is 0 Å². The molecule has 134 valence electrons. The molecule has 0 atom stereocenters. The summed E-state index contributed by atoms with van der Waals surface area (Å²) < 4.78 is 0. The molecule has 0 aliphatic heterocycles. The summed E-state index contributed by atoms with van der Waals surface area (Å²) in [6.45, 7) is 4.68. The van der Waals surface area contributed by atoms with Gasteiger partial charge in [-0.05, 0) is 42.9 Å². The SMILES string of the molecule is CCN(C)Cc1cccc(CNc2ccc([N+](=O)[O-])c3cccnc23)c1. The van der Waals surface area contributed by atoms with Gasteiger partial charge in [-0.25, -0.2) is 0 Å². The minimum atomic E-state index is -0.374. The van der Waals surface area contributed by atoms with Crippen LogP contribution in [0, 0.1) is 10.1 Å². The molecule has 0 fully saturated rings. The number of non-ortho nitro benzene ring substituents is 1. The van der Waals surface area contributed by atoms with Crippen LogP contribution in [-0.2, 0) is 13.1 Å². The van der Waals surface area contributed by atoms with Crippen LogP contribution in [0.1, 0.15) is 18.1 Å². The van der Waals surface area contributed by atoms with Crippen LogP contribution in [-0.4, -0.2) is 28.4 Å². The van der Waals surface area contributed by atoms with Crippen molar-refractivity contribution in [1.29, 1.82) is 0 Å². The van der Waals surface area contributed by atoms with Gasteiger partial charge in [0.05, 0.1) is 16.0 Å². The highest BCUT2D eigenvalue weighted by Gasteiger charge is 2.14. The largest absolute Gasteiger partial charge is 0.379 e. The summed E-state index contributed by atoms with van der Waals surface area (Å²) in [5.74, 6) is 0. The van der Waals surface area contributed by atoms with Gasteiger partial charge in [0.15, 0.2) is 0 Å². The predicted octanol–water partition coefficient (Wildman–Crippen LogP) is 4.21. The van der Waals surface area contributed by atoms with E-state index in [4.69, 9.17) is 0 Å². The summed E-state index contributed by atoms with van der Waals surface area (Å²) in [5, 5.41) is 15.1. The number of fused-ring (bicyclic) bond motifs is 1. The summed E-state index contributed by atoms with van der Waals surface area (Å²) >= 11 is 0. The van der Waals surface area contributed by atoms with E-state index in [0.29, 0.717) is 17.4 Å². The zero-order valence-electron chi connectivity index (χ0n) is 15.0. The van der Waals surface area contributed by atoms with E-state index in [0.717, 1.165) is 24.3 Å². The number of nitrogens with zero attached hydrogens (tertiary/aromatic N) is 3. The van der Waals surface area contributed by atoms with E-state index in [2.05, 4.69) is 53.4 Å². The Labute approximate surface area is 152 Å². The van der Waals surface area contributed by atoms with Crippen LogP contribution in [0.4, 0.5) is 11.4 Å². The third kappa shape index (κ3) is 3.97. The van der Waals surface area contributed by atoms with Crippen molar-refractivity contribution < 1.29 is 4.92 Å². The Hall–Kier alpha value is -2.99. The molecule has 0 aliphatic carbocycles. The van der Waals surface area contributed by atoms with Crippen LogP contribution in [0.3, 0.4) is 0 Å². The third-order valence-corrected chi connectivity index (χ3v) is 4.41. The first-order chi connectivity index (χ1) is 12.6. The minimum absolute atomic E-state index is 0.0725. The molecule has 6 nitrogen and oxygen atoms in total. The highest BCUT2D eigenvalue weighted by Crippen LogP contribution is 2.30. The Morgan fingerprint density at radius 3 is 2.73 bits per heavy atom. The number of benzene rings is 2. The van der Waals surface area contributed by atoms with Crippen molar-refractivity contribution in [3.63, 3.8) is 0 Å². The van der Waals surface area contributed by atoms with Crippen molar-refractivity contribution in [3.05, 3.63) is 76.0 Å². The predicted molar refractivity (Wildman–Crippen MR) is 104 cm³/mol. The number of hydrogen-bond donors (Lipinski definition) is 1. The average Bonchev–Trinajstić information content (AvgIpc) is 2.66. The lowest BCUT2D eigenvalue weighted by Crippen LogP contribution is -2.16. The Bertz CT molecular complexity index is 927. The van der Waals surface area contributed by atoms with Crippen molar-refractivity contribution in [2.24, 2.45) is 0 Å². The summed E-state index contributed by atoms with van der Waals surface area (Å²) in [6.07, 6.45) is 1.65. The molecule has 6 heteroatoms. The molecule has 3 rings (SSSR count). The van der Waals surface area contributed by atoms with E-state index >= 15 is 0 Å². The average molecular weight is 350 g/mol. The highest BCUT2D eigenvalue weighted by molar-refractivity contribution is 5.96. The maximum Gasteiger partial charge on any atom is 0.278 e. The van der Waals surface area contributed by atoms with Gasteiger partial charge in [0, 0.05) is 25.4 Å². The normalized spacial score (nSPS) is 11.0. The van der Waals surface area contributed by atoms with Gasteiger partial charge in [0.1, 0.15) is 5.52 Å². The zero-order chi connectivity index (χ0) is 18.5. The number of nitro benzene ring substituents is 1. The van der Waals surface area contributed by atoms with Crippen molar-refractivity contribution in [2.45, 2.75) is 20.0 Å². The second-order valence-electron chi connectivity index (χ2n) is 6.29. The van der Waals surface area contributed by atoms with Crippen molar-refractivity contribution in [3.8, 4) is 0 Å². The molecular formula is C20H22N4O2. The Morgan fingerprint density at radius 1 is 1.15 bits per heavy atom. The second-order valence-corrected chi connectivity index (χ2v) is 6.29. The maximum absolute atomic E-state index is 11.2.